The molecule has 1 aliphatic heterocycles. The maximum absolute atomic E-state index is 11.3. The Hall–Kier alpha value is -0.170. The molecular weight excluding hydrogens is 238 g/mol. The molecule has 102 valence electrons. The van der Waals surface area contributed by atoms with E-state index in [2.05, 4.69) is 11.8 Å². The van der Waals surface area contributed by atoms with Crippen LogP contribution in [0.5, 0.6) is 0 Å². The first-order chi connectivity index (χ1) is 7.93. The standard InChI is InChI=1S/C11H25N3O2S/c1-11(10-12)4-3-5-13-6-8-14(9-7-13)17(2,15)16/h11H,3-10,12H2,1-2H3. The summed E-state index contributed by atoms with van der Waals surface area (Å²) < 4.78 is 24.2. The van der Waals surface area contributed by atoms with Crippen LogP contribution in [-0.4, -0.2) is 63.1 Å². The molecule has 6 heteroatoms. The lowest BCUT2D eigenvalue weighted by Crippen LogP contribution is -2.48. The van der Waals surface area contributed by atoms with Crippen LogP contribution in [-0.2, 0) is 10.0 Å². The minimum absolute atomic E-state index is 0.590. The van der Waals surface area contributed by atoms with Crippen molar-refractivity contribution in [3.05, 3.63) is 0 Å². The van der Waals surface area contributed by atoms with Gasteiger partial charge in [-0.1, -0.05) is 6.92 Å². The zero-order valence-corrected chi connectivity index (χ0v) is 11.7. The number of rotatable bonds is 6. The zero-order valence-electron chi connectivity index (χ0n) is 10.9. The van der Waals surface area contributed by atoms with Gasteiger partial charge < -0.3 is 10.6 Å². The van der Waals surface area contributed by atoms with Gasteiger partial charge in [0.05, 0.1) is 6.26 Å². The predicted molar refractivity (Wildman–Crippen MR) is 70.3 cm³/mol. The Morgan fingerprint density at radius 2 is 1.82 bits per heavy atom. The smallest absolute Gasteiger partial charge is 0.211 e. The average Bonchev–Trinajstić information content (AvgIpc) is 2.28. The van der Waals surface area contributed by atoms with E-state index in [4.69, 9.17) is 5.73 Å². The van der Waals surface area contributed by atoms with Crippen molar-refractivity contribution in [1.29, 1.82) is 0 Å². The lowest BCUT2D eigenvalue weighted by Gasteiger charge is -2.33. The van der Waals surface area contributed by atoms with Gasteiger partial charge in [-0.2, -0.15) is 4.31 Å². The molecule has 0 aromatic carbocycles. The first kappa shape index (κ1) is 14.9. The molecular formula is C11H25N3O2S. The summed E-state index contributed by atoms with van der Waals surface area (Å²) in [6.45, 7) is 6.94. The van der Waals surface area contributed by atoms with Crippen LogP contribution in [0.3, 0.4) is 0 Å². The first-order valence-corrected chi connectivity index (χ1v) is 8.16. The second-order valence-corrected chi connectivity index (χ2v) is 6.97. The highest BCUT2D eigenvalue weighted by molar-refractivity contribution is 7.88. The van der Waals surface area contributed by atoms with Crippen LogP contribution in [0.1, 0.15) is 19.8 Å². The van der Waals surface area contributed by atoms with Gasteiger partial charge in [0.15, 0.2) is 0 Å². The van der Waals surface area contributed by atoms with Gasteiger partial charge in [0.25, 0.3) is 0 Å². The van der Waals surface area contributed by atoms with E-state index in [9.17, 15) is 8.42 Å². The zero-order chi connectivity index (χ0) is 12.9. The molecule has 0 aromatic heterocycles. The molecule has 1 aliphatic rings. The molecule has 1 atom stereocenters. The number of nitrogens with two attached hydrogens (primary N) is 1. The summed E-state index contributed by atoms with van der Waals surface area (Å²) in [5.41, 5.74) is 5.57. The molecule has 0 saturated carbocycles. The number of sulfonamides is 1. The maximum atomic E-state index is 11.3. The average molecular weight is 263 g/mol. The van der Waals surface area contributed by atoms with E-state index in [0.29, 0.717) is 19.0 Å². The molecule has 0 amide bonds. The molecule has 0 spiro atoms. The van der Waals surface area contributed by atoms with Gasteiger partial charge in [0.1, 0.15) is 0 Å². The van der Waals surface area contributed by atoms with Crippen LogP contribution in [0.15, 0.2) is 0 Å². The maximum Gasteiger partial charge on any atom is 0.211 e. The van der Waals surface area contributed by atoms with Crippen molar-refractivity contribution in [2.45, 2.75) is 19.8 Å². The summed E-state index contributed by atoms with van der Waals surface area (Å²) in [4.78, 5) is 2.34. The van der Waals surface area contributed by atoms with Crippen molar-refractivity contribution in [2.24, 2.45) is 11.7 Å². The van der Waals surface area contributed by atoms with E-state index >= 15 is 0 Å². The van der Waals surface area contributed by atoms with E-state index in [0.717, 1.165) is 39.0 Å². The Balaban J connectivity index is 2.19. The third-order valence-corrected chi connectivity index (χ3v) is 4.68. The summed E-state index contributed by atoms with van der Waals surface area (Å²) in [6, 6.07) is 0. The molecule has 0 radical (unpaired) electrons. The molecule has 1 fully saturated rings. The normalized spacial score (nSPS) is 21.6. The van der Waals surface area contributed by atoms with Gasteiger partial charge in [-0.05, 0) is 31.8 Å². The van der Waals surface area contributed by atoms with Crippen molar-refractivity contribution < 1.29 is 8.42 Å². The fraction of sp³-hybridized carbons (Fsp3) is 1.00. The van der Waals surface area contributed by atoms with Crippen molar-refractivity contribution in [1.82, 2.24) is 9.21 Å². The Labute approximate surface area is 105 Å². The Bertz CT molecular complexity index is 311. The largest absolute Gasteiger partial charge is 0.330 e. The Morgan fingerprint density at radius 3 is 2.29 bits per heavy atom. The molecule has 0 bridgehead atoms. The first-order valence-electron chi connectivity index (χ1n) is 6.31. The molecule has 1 unspecified atom stereocenters. The van der Waals surface area contributed by atoms with Crippen molar-refractivity contribution in [3.8, 4) is 0 Å². The molecule has 1 heterocycles. The van der Waals surface area contributed by atoms with Gasteiger partial charge in [-0.25, -0.2) is 8.42 Å². The van der Waals surface area contributed by atoms with Gasteiger partial charge in [0, 0.05) is 26.2 Å². The summed E-state index contributed by atoms with van der Waals surface area (Å²) >= 11 is 0. The van der Waals surface area contributed by atoms with E-state index in [1.807, 2.05) is 0 Å². The highest BCUT2D eigenvalue weighted by atomic mass is 32.2. The van der Waals surface area contributed by atoms with Crippen LogP contribution in [0, 0.1) is 5.92 Å². The summed E-state index contributed by atoms with van der Waals surface area (Å²) in [5.74, 6) is 0.590. The summed E-state index contributed by atoms with van der Waals surface area (Å²) in [7, 11) is -3.00. The van der Waals surface area contributed by atoms with E-state index < -0.39 is 10.0 Å². The molecule has 0 aliphatic carbocycles. The van der Waals surface area contributed by atoms with E-state index in [-0.39, 0.29) is 0 Å². The molecule has 1 saturated heterocycles. The lowest BCUT2D eigenvalue weighted by atomic mass is 10.1. The highest BCUT2D eigenvalue weighted by Crippen LogP contribution is 2.09. The number of hydrogen-bond acceptors (Lipinski definition) is 4. The quantitative estimate of drug-likeness (QED) is 0.729. The highest BCUT2D eigenvalue weighted by Gasteiger charge is 2.22. The number of piperazine rings is 1. The summed E-state index contributed by atoms with van der Waals surface area (Å²) in [6.07, 6.45) is 3.59. The topological polar surface area (TPSA) is 66.6 Å². The van der Waals surface area contributed by atoms with Gasteiger partial charge >= 0.3 is 0 Å². The van der Waals surface area contributed by atoms with Crippen LogP contribution in [0.25, 0.3) is 0 Å². The monoisotopic (exact) mass is 263 g/mol. The minimum Gasteiger partial charge on any atom is -0.330 e. The van der Waals surface area contributed by atoms with E-state index in [1.165, 1.54) is 6.26 Å². The minimum atomic E-state index is -3.00. The number of hydrogen-bond donors (Lipinski definition) is 1. The van der Waals surface area contributed by atoms with Crippen molar-refractivity contribution in [3.63, 3.8) is 0 Å². The van der Waals surface area contributed by atoms with Crippen molar-refractivity contribution >= 4 is 10.0 Å². The van der Waals surface area contributed by atoms with Gasteiger partial charge in [0.2, 0.25) is 10.0 Å². The second kappa shape index (κ2) is 6.68. The lowest BCUT2D eigenvalue weighted by molar-refractivity contribution is 0.184. The molecule has 5 nitrogen and oxygen atoms in total. The van der Waals surface area contributed by atoms with Crippen LogP contribution in [0.4, 0.5) is 0 Å². The van der Waals surface area contributed by atoms with Crippen LogP contribution < -0.4 is 5.73 Å². The number of nitrogens with zero attached hydrogens (tertiary/aromatic N) is 2. The summed E-state index contributed by atoms with van der Waals surface area (Å²) in [5, 5.41) is 0. The Kier molecular flexibility index (Phi) is 5.85. The van der Waals surface area contributed by atoms with Crippen LogP contribution >= 0.6 is 0 Å². The van der Waals surface area contributed by atoms with Gasteiger partial charge in [-0.15, -0.1) is 0 Å². The predicted octanol–water partition coefficient (Wildman–Crippen LogP) is -0.0614. The van der Waals surface area contributed by atoms with Gasteiger partial charge in [-0.3, -0.25) is 0 Å². The molecule has 0 aromatic rings. The molecule has 2 N–H and O–H groups in total. The second-order valence-electron chi connectivity index (χ2n) is 4.99. The molecule has 17 heavy (non-hydrogen) atoms. The SMILES string of the molecule is CC(CN)CCCN1CCN(S(C)(=O)=O)CC1. The molecule has 1 rings (SSSR count). The Morgan fingerprint density at radius 1 is 1.24 bits per heavy atom. The third-order valence-electron chi connectivity index (χ3n) is 3.37. The van der Waals surface area contributed by atoms with E-state index in [1.54, 1.807) is 4.31 Å². The fourth-order valence-corrected chi connectivity index (χ4v) is 2.89. The fourth-order valence-electron chi connectivity index (χ4n) is 2.07. The van der Waals surface area contributed by atoms with Crippen molar-refractivity contribution in [2.75, 3.05) is 45.5 Å². The third kappa shape index (κ3) is 5.33. The van der Waals surface area contributed by atoms with Crippen LogP contribution in [0.2, 0.25) is 0 Å².